The lowest BCUT2D eigenvalue weighted by molar-refractivity contribution is -0.137. The molecule has 0 radical (unpaired) electrons. The molecule has 1 aliphatic heterocycles. The van der Waals surface area contributed by atoms with Gasteiger partial charge in [-0.3, -0.25) is 14.4 Å². The van der Waals surface area contributed by atoms with E-state index >= 15 is 0 Å². The van der Waals surface area contributed by atoms with E-state index in [1.165, 1.54) is 13.3 Å². The minimum absolute atomic E-state index is 0.125. The van der Waals surface area contributed by atoms with Gasteiger partial charge < -0.3 is 24.4 Å². The number of amides is 3. The molecule has 0 atom stereocenters. The molecular weight excluding hydrogens is 452 g/mol. The second-order valence-corrected chi connectivity index (χ2v) is 7.23. The molecule has 0 spiro atoms. The Bertz CT molecular complexity index is 1040. The van der Waals surface area contributed by atoms with Gasteiger partial charge in [0, 0.05) is 13.1 Å². The van der Waals surface area contributed by atoms with Crippen LogP contribution in [0.3, 0.4) is 0 Å². The van der Waals surface area contributed by atoms with Gasteiger partial charge in [0.25, 0.3) is 5.91 Å². The van der Waals surface area contributed by atoms with E-state index in [4.69, 9.17) is 25.8 Å². The summed E-state index contributed by atoms with van der Waals surface area (Å²) in [5.74, 6) is -1.23. The zero-order valence-electron chi connectivity index (χ0n) is 17.9. The van der Waals surface area contributed by atoms with Crippen molar-refractivity contribution in [3.05, 3.63) is 53.1 Å². The lowest BCUT2D eigenvalue weighted by Crippen LogP contribution is -2.43. The highest BCUT2D eigenvalue weighted by Gasteiger charge is 2.18. The van der Waals surface area contributed by atoms with Crippen LogP contribution in [0.2, 0.25) is 5.02 Å². The van der Waals surface area contributed by atoms with Crippen LogP contribution in [0.1, 0.15) is 5.56 Å². The SMILES string of the molecule is COc1cc(/C=N\NC(=O)C(=O)Nc2ccccc2Cl)ccc1OCC(=O)N1CCOCC1. The topological polar surface area (TPSA) is 119 Å². The molecule has 0 bridgehead atoms. The maximum absolute atomic E-state index is 12.2. The predicted molar refractivity (Wildman–Crippen MR) is 122 cm³/mol. The number of carbonyl (C=O) groups excluding carboxylic acids is 3. The van der Waals surface area contributed by atoms with Crippen LogP contribution in [0.4, 0.5) is 5.69 Å². The highest BCUT2D eigenvalue weighted by molar-refractivity contribution is 6.41. The first-order chi connectivity index (χ1) is 16.0. The lowest BCUT2D eigenvalue weighted by Gasteiger charge is -2.26. The molecule has 2 N–H and O–H groups in total. The quantitative estimate of drug-likeness (QED) is 0.358. The van der Waals surface area contributed by atoms with Gasteiger partial charge in [-0.15, -0.1) is 0 Å². The Morgan fingerprint density at radius 2 is 1.88 bits per heavy atom. The Balaban J connectivity index is 1.53. The third kappa shape index (κ3) is 6.93. The molecule has 11 heteroatoms. The highest BCUT2D eigenvalue weighted by Crippen LogP contribution is 2.27. The lowest BCUT2D eigenvalue weighted by atomic mass is 10.2. The molecule has 0 aliphatic carbocycles. The largest absolute Gasteiger partial charge is 0.493 e. The number of hydrogen-bond donors (Lipinski definition) is 2. The van der Waals surface area contributed by atoms with E-state index in [-0.39, 0.29) is 12.5 Å². The molecule has 0 saturated carbocycles. The van der Waals surface area contributed by atoms with Crippen molar-refractivity contribution in [3.63, 3.8) is 0 Å². The molecule has 2 aromatic rings. The van der Waals surface area contributed by atoms with Gasteiger partial charge in [-0.1, -0.05) is 23.7 Å². The number of rotatable bonds is 7. The molecular formula is C22H23ClN4O6. The van der Waals surface area contributed by atoms with E-state index < -0.39 is 11.8 Å². The number of hydrogen-bond acceptors (Lipinski definition) is 7. The van der Waals surface area contributed by atoms with Gasteiger partial charge >= 0.3 is 11.8 Å². The van der Waals surface area contributed by atoms with Crippen LogP contribution < -0.4 is 20.2 Å². The first-order valence-corrected chi connectivity index (χ1v) is 10.4. The molecule has 3 amide bonds. The first kappa shape index (κ1) is 24.0. The van der Waals surface area contributed by atoms with Crippen LogP contribution in [0.25, 0.3) is 0 Å². The minimum atomic E-state index is -0.959. The maximum Gasteiger partial charge on any atom is 0.329 e. The highest BCUT2D eigenvalue weighted by atomic mass is 35.5. The van der Waals surface area contributed by atoms with Gasteiger partial charge in [0.1, 0.15) is 0 Å². The zero-order valence-corrected chi connectivity index (χ0v) is 18.6. The Hall–Kier alpha value is -3.63. The molecule has 1 saturated heterocycles. The molecule has 0 aromatic heterocycles. The summed E-state index contributed by atoms with van der Waals surface area (Å²) >= 11 is 5.95. The standard InChI is InChI=1S/C22H23ClN4O6/c1-31-19-12-15(6-7-18(19)33-14-20(28)27-8-10-32-11-9-27)13-24-26-22(30)21(29)25-17-5-3-2-4-16(17)23/h2-7,12-13H,8-11,14H2,1H3,(H,25,29)(H,26,30)/b24-13-. The molecule has 1 fully saturated rings. The number of ether oxygens (including phenoxy) is 3. The molecule has 1 aliphatic rings. The summed E-state index contributed by atoms with van der Waals surface area (Å²) in [6.07, 6.45) is 1.34. The van der Waals surface area contributed by atoms with E-state index in [0.29, 0.717) is 54.1 Å². The third-order valence-electron chi connectivity index (χ3n) is 4.61. The average molecular weight is 475 g/mol. The van der Waals surface area contributed by atoms with Crippen molar-refractivity contribution in [2.24, 2.45) is 5.10 Å². The first-order valence-electron chi connectivity index (χ1n) is 10.0. The Labute approximate surface area is 195 Å². The van der Waals surface area contributed by atoms with Gasteiger partial charge in [-0.25, -0.2) is 5.43 Å². The van der Waals surface area contributed by atoms with Crippen LogP contribution in [-0.4, -0.2) is 68.9 Å². The number of carbonyl (C=O) groups is 3. The Morgan fingerprint density at radius 1 is 1.12 bits per heavy atom. The summed E-state index contributed by atoms with van der Waals surface area (Å²) in [5.41, 5.74) is 3.03. The summed E-state index contributed by atoms with van der Waals surface area (Å²) < 4.78 is 16.1. The number of halogens is 1. The maximum atomic E-state index is 12.2. The zero-order chi connectivity index (χ0) is 23.6. The minimum Gasteiger partial charge on any atom is -0.493 e. The van der Waals surface area contributed by atoms with Gasteiger partial charge in [0.2, 0.25) is 0 Å². The van der Waals surface area contributed by atoms with Crippen molar-refractivity contribution in [3.8, 4) is 11.5 Å². The third-order valence-corrected chi connectivity index (χ3v) is 4.94. The smallest absolute Gasteiger partial charge is 0.329 e. The summed E-state index contributed by atoms with van der Waals surface area (Å²) in [4.78, 5) is 37.8. The summed E-state index contributed by atoms with van der Waals surface area (Å²) in [6, 6.07) is 11.4. The van der Waals surface area contributed by atoms with E-state index in [9.17, 15) is 14.4 Å². The monoisotopic (exact) mass is 474 g/mol. The number of nitrogens with one attached hydrogen (secondary N) is 2. The van der Waals surface area contributed by atoms with Crippen LogP contribution in [0.15, 0.2) is 47.6 Å². The molecule has 10 nitrogen and oxygen atoms in total. The number of hydrazone groups is 1. The van der Waals surface area contributed by atoms with Gasteiger partial charge in [-0.05, 0) is 35.9 Å². The van der Waals surface area contributed by atoms with Gasteiger partial charge in [0.05, 0.1) is 37.2 Å². The molecule has 1 heterocycles. The van der Waals surface area contributed by atoms with E-state index in [1.807, 2.05) is 0 Å². The van der Waals surface area contributed by atoms with Crippen LogP contribution in [0, 0.1) is 0 Å². The van der Waals surface area contributed by atoms with E-state index in [1.54, 1.807) is 47.4 Å². The van der Waals surface area contributed by atoms with Crippen molar-refractivity contribution in [1.29, 1.82) is 0 Å². The van der Waals surface area contributed by atoms with Gasteiger partial charge in [-0.2, -0.15) is 5.10 Å². The number of methoxy groups -OCH3 is 1. The molecule has 2 aromatic carbocycles. The van der Waals surface area contributed by atoms with Crippen molar-refractivity contribution < 1.29 is 28.6 Å². The molecule has 3 rings (SSSR count). The summed E-state index contributed by atoms with van der Waals surface area (Å²) in [5, 5.41) is 6.49. The van der Waals surface area contributed by atoms with E-state index in [2.05, 4.69) is 15.8 Å². The number of morpholine rings is 1. The number of para-hydroxylation sites is 1. The van der Waals surface area contributed by atoms with Crippen molar-refractivity contribution >= 4 is 41.2 Å². The van der Waals surface area contributed by atoms with Crippen molar-refractivity contribution in [2.45, 2.75) is 0 Å². The number of nitrogens with zero attached hydrogens (tertiary/aromatic N) is 2. The second-order valence-electron chi connectivity index (χ2n) is 6.83. The fourth-order valence-electron chi connectivity index (χ4n) is 2.89. The Morgan fingerprint density at radius 3 is 2.61 bits per heavy atom. The van der Waals surface area contributed by atoms with Crippen LogP contribution in [-0.2, 0) is 19.1 Å². The predicted octanol–water partition coefficient (Wildman–Crippen LogP) is 1.67. The number of anilines is 1. The van der Waals surface area contributed by atoms with Crippen molar-refractivity contribution in [1.82, 2.24) is 10.3 Å². The normalized spacial score (nSPS) is 13.5. The van der Waals surface area contributed by atoms with Crippen molar-refractivity contribution in [2.75, 3.05) is 45.3 Å². The van der Waals surface area contributed by atoms with Crippen LogP contribution >= 0.6 is 11.6 Å². The van der Waals surface area contributed by atoms with Gasteiger partial charge in [0.15, 0.2) is 18.1 Å². The summed E-state index contributed by atoms with van der Waals surface area (Å²) in [7, 11) is 1.47. The summed E-state index contributed by atoms with van der Waals surface area (Å²) in [6.45, 7) is 1.98. The Kier molecular flexibility index (Phi) is 8.62. The molecule has 33 heavy (non-hydrogen) atoms. The fraction of sp³-hybridized carbons (Fsp3) is 0.273. The van der Waals surface area contributed by atoms with E-state index in [0.717, 1.165) is 0 Å². The van der Waals surface area contributed by atoms with Crippen LogP contribution in [0.5, 0.6) is 11.5 Å². The fourth-order valence-corrected chi connectivity index (χ4v) is 3.07. The number of benzene rings is 2. The average Bonchev–Trinajstić information content (AvgIpc) is 2.84. The molecule has 0 unspecified atom stereocenters. The second kappa shape index (κ2) is 11.8. The molecule has 174 valence electrons.